The van der Waals surface area contributed by atoms with Gasteiger partial charge in [0.15, 0.2) is 0 Å². The number of carbonyl (C=O) groups excluding carboxylic acids is 2. The summed E-state index contributed by atoms with van der Waals surface area (Å²) in [6.07, 6.45) is 0.0519. The second-order valence-corrected chi connectivity index (χ2v) is 10.5. The van der Waals surface area contributed by atoms with Gasteiger partial charge < -0.3 is 10.1 Å². The Morgan fingerprint density at radius 1 is 0.923 bits per heavy atom. The molecule has 4 rings (SSSR count). The molecule has 2 N–H and O–H groups in total. The fraction of sp³-hybridized carbons (Fsp3) is 0.0741. The van der Waals surface area contributed by atoms with Gasteiger partial charge in [0.05, 0.1) is 11.1 Å². The first-order chi connectivity index (χ1) is 18.6. The minimum Gasteiger partial charge on any atom is -0.466 e. The molecule has 198 valence electrons. The molecule has 0 aliphatic heterocycles. The van der Waals surface area contributed by atoms with Gasteiger partial charge >= 0.3 is 0 Å². The van der Waals surface area contributed by atoms with Crippen molar-refractivity contribution in [3.05, 3.63) is 118 Å². The first-order valence-electron chi connectivity index (χ1n) is 11.3. The molecule has 0 aliphatic rings. The molecule has 0 spiro atoms. The Balaban J connectivity index is 1.41. The Bertz CT molecular complexity index is 1550. The molecule has 0 saturated heterocycles. The summed E-state index contributed by atoms with van der Waals surface area (Å²) in [4.78, 5) is 35.5. The minimum atomic E-state index is -1.99. The number of alkyl halides is 3. The maximum atomic E-state index is 13.0. The lowest BCUT2D eigenvalue weighted by Gasteiger charge is -2.26. The van der Waals surface area contributed by atoms with E-state index in [0.717, 1.165) is 16.8 Å². The van der Waals surface area contributed by atoms with Crippen molar-refractivity contribution in [1.29, 1.82) is 0 Å². The normalized spacial score (nSPS) is 12.2. The number of hydrogen-bond acceptors (Lipinski definition) is 6. The zero-order chi connectivity index (χ0) is 28.0. The Morgan fingerprint density at radius 3 is 2.33 bits per heavy atom. The number of benzene rings is 4. The van der Waals surface area contributed by atoms with Gasteiger partial charge in [0.1, 0.15) is 5.75 Å². The van der Waals surface area contributed by atoms with E-state index in [1.54, 1.807) is 36.4 Å². The van der Waals surface area contributed by atoms with Crippen molar-refractivity contribution in [2.45, 2.75) is 10.0 Å². The summed E-state index contributed by atoms with van der Waals surface area (Å²) < 4.78 is 3.78. The first-order valence-corrected chi connectivity index (χ1v) is 12.4. The van der Waals surface area contributed by atoms with E-state index < -0.39 is 26.8 Å². The monoisotopic (exact) mass is 584 g/mol. The Morgan fingerprint density at radius 2 is 1.62 bits per heavy atom. The largest absolute Gasteiger partial charge is 0.466 e. The van der Waals surface area contributed by atoms with Gasteiger partial charge in [0.25, 0.3) is 17.5 Å². The van der Waals surface area contributed by atoms with Crippen molar-refractivity contribution >= 4 is 69.3 Å². The third-order valence-electron chi connectivity index (χ3n) is 5.43. The standard InChI is InChI=1S/C27H19Cl3N4O5/c28-27(29,30)26(32-25(36)23-10-4-6-18-5-1-2-9-22(18)23)39-21-13-11-17(12-14-21)16-31-33-24(35)19-7-3-8-20(15-19)34(37)38/h1-16,26H,(H,32,36)(H,33,35)/b31-16+. The lowest BCUT2D eigenvalue weighted by Crippen LogP contribution is -2.47. The van der Waals surface area contributed by atoms with Crippen molar-refractivity contribution in [3.63, 3.8) is 0 Å². The van der Waals surface area contributed by atoms with Crippen molar-refractivity contribution in [2.24, 2.45) is 5.10 Å². The van der Waals surface area contributed by atoms with Crippen LogP contribution in [-0.4, -0.2) is 33.0 Å². The maximum absolute atomic E-state index is 13.0. The predicted molar refractivity (Wildman–Crippen MR) is 151 cm³/mol. The zero-order valence-electron chi connectivity index (χ0n) is 19.9. The van der Waals surface area contributed by atoms with E-state index in [9.17, 15) is 19.7 Å². The molecule has 4 aromatic rings. The molecule has 9 nitrogen and oxygen atoms in total. The number of nitro benzene ring substituents is 1. The second-order valence-electron chi connectivity index (χ2n) is 8.12. The summed E-state index contributed by atoms with van der Waals surface area (Å²) in [5.41, 5.74) is 3.18. The van der Waals surface area contributed by atoms with Gasteiger partial charge in [-0.05, 0) is 52.7 Å². The highest BCUT2D eigenvalue weighted by atomic mass is 35.6. The molecule has 0 radical (unpaired) electrons. The highest BCUT2D eigenvalue weighted by Crippen LogP contribution is 2.32. The Hall–Kier alpha value is -4.18. The number of nitrogens with one attached hydrogen (secondary N) is 2. The molecule has 12 heteroatoms. The van der Waals surface area contributed by atoms with Gasteiger partial charge in [0.2, 0.25) is 10.0 Å². The average molecular weight is 586 g/mol. The van der Waals surface area contributed by atoms with Crippen LogP contribution in [0.2, 0.25) is 0 Å². The fourth-order valence-corrected chi connectivity index (χ4v) is 3.85. The van der Waals surface area contributed by atoms with Crippen molar-refractivity contribution < 1.29 is 19.2 Å². The minimum absolute atomic E-state index is 0.0911. The number of hydrogen-bond donors (Lipinski definition) is 2. The lowest BCUT2D eigenvalue weighted by molar-refractivity contribution is -0.384. The molecule has 0 aliphatic carbocycles. The van der Waals surface area contributed by atoms with Crippen LogP contribution in [-0.2, 0) is 0 Å². The van der Waals surface area contributed by atoms with Gasteiger partial charge in [-0.3, -0.25) is 19.7 Å². The molecule has 0 saturated carbocycles. The van der Waals surface area contributed by atoms with Crippen LogP contribution in [0.25, 0.3) is 10.8 Å². The SMILES string of the molecule is O=C(N/N=C/c1ccc(OC(NC(=O)c2cccc3ccccc23)C(Cl)(Cl)Cl)cc1)c1cccc([N+](=O)[O-])c1. The van der Waals surface area contributed by atoms with Crippen LogP contribution in [0, 0.1) is 10.1 Å². The second kappa shape index (κ2) is 12.1. The van der Waals surface area contributed by atoms with E-state index in [0.29, 0.717) is 16.9 Å². The van der Waals surface area contributed by atoms with Gasteiger partial charge in [-0.2, -0.15) is 5.10 Å². The highest BCUT2D eigenvalue weighted by Gasteiger charge is 2.36. The van der Waals surface area contributed by atoms with Crippen molar-refractivity contribution in [3.8, 4) is 5.75 Å². The fourth-order valence-electron chi connectivity index (χ4n) is 3.56. The van der Waals surface area contributed by atoms with Crippen molar-refractivity contribution in [1.82, 2.24) is 10.7 Å². The molecule has 1 unspecified atom stereocenters. The van der Waals surface area contributed by atoms with Crippen LogP contribution >= 0.6 is 34.8 Å². The van der Waals surface area contributed by atoms with Crippen LogP contribution in [0.15, 0.2) is 96.1 Å². The number of amides is 2. The van der Waals surface area contributed by atoms with E-state index >= 15 is 0 Å². The average Bonchev–Trinajstić information content (AvgIpc) is 2.92. The summed E-state index contributed by atoms with van der Waals surface area (Å²) in [7, 11) is 0. The van der Waals surface area contributed by atoms with Crippen LogP contribution < -0.4 is 15.5 Å². The summed E-state index contributed by atoms with van der Waals surface area (Å²) >= 11 is 18.3. The van der Waals surface area contributed by atoms with Gasteiger partial charge in [-0.15, -0.1) is 0 Å². The van der Waals surface area contributed by atoms with Crippen molar-refractivity contribution in [2.75, 3.05) is 0 Å². The first kappa shape index (κ1) is 27.8. The molecule has 39 heavy (non-hydrogen) atoms. The van der Waals surface area contributed by atoms with Crippen LogP contribution in [0.3, 0.4) is 0 Å². The van der Waals surface area contributed by atoms with Gasteiger partial charge in [-0.1, -0.05) is 77.3 Å². The van der Waals surface area contributed by atoms with E-state index in [4.69, 9.17) is 39.5 Å². The molecule has 4 aromatic carbocycles. The summed E-state index contributed by atoms with van der Waals surface area (Å²) in [5.74, 6) is -0.795. The Labute approximate surface area is 237 Å². The number of nitrogens with zero attached hydrogens (tertiary/aromatic N) is 2. The molecule has 1 atom stereocenters. The number of nitro groups is 1. The maximum Gasteiger partial charge on any atom is 0.271 e. The number of ether oxygens (including phenoxy) is 1. The Kier molecular flexibility index (Phi) is 8.65. The number of rotatable bonds is 8. The third kappa shape index (κ3) is 7.23. The van der Waals surface area contributed by atoms with E-state index in [2.05, 4.69) is 15.8 Å². The quantitative estimate of drug-likeness (QED) is 0.0861. The number of non-ortho nitro benzene ring substituents is 1. The highest BCUT2D eigenvalue weighted by molar-refractivity contribution is 6.68. The molecule has 0 fully saturated rings. The zero-order valence-corrected chi connectivity index (χ0v) is 22.2. The summed E-state index contributed by atoms with van der Waals surface area (Å²) in [6, 6.07) is 24.4. The molecular formula is C27H19Cl3N4O5. The van der Waals surface area contributed by atoms with Crippen LogP contribution in [0.5, 0.6) is 5.75 Å². The van der Waals surface area contributed by atoms with Crippen LogP contribution in [0.1, 0.15) is 26.3 Å². The van der Waals surface area contributed by atoms with Gasteiger partial charge in [0, 0.05) is 23.3 Å². The summed E-state index contributed by atoms with van der Waals surface area (Å²) in [5, 5.41) is 19.0. The van der Waals surface area contributed by atoms with E-state index in [1.165, 1.54) is 24.4 Å². The molecule has 0 heterocycles. The van der Waals surface area contributed by atoms with E-state index in [-0.39, 0.29) is 11.3 Å². The third-order valence-corrected chi connectivity index (χ3v) is 6.02. The number of halogens is 3. The molecule has 2 amide bonds. The molecule has 0 bridgehead atoms. The van der Waals surface area contributed by atoms with E-state index in [1.807, 2.05) is 30.3 Å². The molecular weight excluding hydrogens is 567 g/mol. The smallest absolute Gasteiger partial charge is 0.271 e. The lowest BCUT2D eigenvalue weighted by atomic mass is 10.0. The summed E-state index contributed by atoms with van der Waals surface area (Å²) in [6.45, 7) is 0. The number of fused-ring (bicyclic) bond motifs is 1. The number of carbonyl (C=O) groups is 2. The predicted octanol–water partition coefficient (Wildman–Crippen LogP) is 6.02. The number of hydrazone groups is 1. The molecule has 0 aromatic heterocycles. The topological polar surface area (TPSA) is 123 Å². The van der Waals surface area contributed by atoms with Gasteiger partial charge in [-0.25, -0.2) is 5.43 Å². The van der Waals surface area contributed by atoms with Crippen LogP contribution in [0.4, 0.5) is 5.69 Å².